The molecule has 0 unspecified atom stereocenters. The van der Waals surface area contributed by atoms with Crippen LogP contribution in [0.3, 0.4) is 0 Å². The number of fused-ring (bicyclic) bond motifs is 1. The normalized spacial score (nSPS) is 16.6. The van der Waals surface area contributed by atoms with E-state index in [1.54, 1.807) is 11.9 Å². The van der Waals surface area contributed by atoms with E-state index in [0.717, 1.165) is 11.3 Å². The smallest absolute Gasteiger partial charge is 0.279 e. The van der Waals surface area contributed by atoms with Gasteiger partial charge in [0.1, 0.15) is 12.7 Å². The minimum absolute atomic E-state index is 0.125. The number of aromatic nitrogens is 3. The van der Waals surface area contributed by atoms with Crippen molar-refractivity contribution in [1.29, 1.82) is 0 Å². The maximum atomic E-state index is 12.0. The van der Waals surface area contributed by atoms with E-state index in [1.807, 2.05) is 24.3 Å². The van der Waals surface area contributed by atoms with Crippen LogP contribution in [-0.2, 0) is 4.79 Å². The molecule has 0 saturated heterocycles. The zero-order valence-corrected chi connectivity index (χ0v) is 9.11. The highest BCUT2D eigenvalue weighted by Gasteiger charge is 2.31. The zero-order chi connectivity index (χ0) is 11.8. The SMILES string of the molecule is CN1C(=O)/C(=N/n2cnnc2)c2ccccc21. The Kier molecular flexibility index (Phi) is 2.01. The van der Waals surface area contributed by atoms with E-state index in [-0.39, 0.29) is 5.91 Å². The molecule has 1 aliphatic heterocycles. The minimum Gasteiger partial charge on any atom is -0.309 e. The molecule has 0 radical (unpaired) electrons. The Hall–Kier alpha value is -2.50. The largest absolute Gasteiger partial charge is 0.309 e. The number of hydrogen-bond acceptors (Lipinski definition) is 4. The second-order valence-corrected chi connectivity index (χ2v) is 3.67. The van der Waals surface area contributed by atoms with E-state index in [4.69, 9.17) is 0 Å². The number of carbonyl (C=O) groups excluding carboxylic acids is 1. The van der Waals surface area contributed by atoms with Crippen LogP contribution < -0.4 is 4.90 Å². The highest BCUT2D eigenvalue weighted by molar-refractivity contribution is 6.54. The molecule has 3 rings (SSSR count). The lowest BCUT2D eigenvalue weighted by molar-refractivity contribution is -0.112. The number of hydrogen-bond donors (Lipinski definition) is 0. The first-order chi connectivity index (χ1) is 8.27. The van der Waals surface area contributed by atoms with Crippen LogP contribution in [0.2, 0.25) is 0 Å². The fourth-order valence-electron chi connectivity index (χ4n) is 1.81. The van der Waals surface area contributed by atoms with Gasteiger partial charge in [-0.15, -0.1) is 10.2 Å². The van der Waals surface area contributed by atoms with Crippen LogP contribution in [0, 0.1) is 0 Å². The monoisotopic (exact) mass is 227 g/mol. The van der Waals surface area contributed by atoms with Gasteiger partial charge in [-0.25, -0.2) is 4.68 Å². The van der Waals surface area contributed by atoms with E-state index in [0.29, 0.717) is 5.71 Å². The summed E-state index contributed by atoms with van der Waals surface area (Å²) in [5.41, 5.74) is 2.10. The second-order valence-electron chi connectivity index (χ2n) is 3.67. The number of rotatable bonds is 1. The molecule has 1 amide bonds. The molecule has 6 nitrogen and oxygen atoms in total. The number of para-hydroxylation sites is 1. The van der Waals surface area contributed by atoms with Crippen molar-refractivity contribution in [3.8, 4) is 0 Å². The van der Waals surface area contributed by atoms with E-state index >= 15 is 0 Å². The van der Waals surface area contributed by atoms with Gasteiger partial charge in [-0.2, -0.15) is 5.10 Å². The predicted octanol–water partition coefficient (Wildman–Crippen LogP) is 0.507. The van der Waals surface area contributed by atoms with Crippen molar-refractivity contribution in [2.45, 2.75) is 0 Å². The fourth-order valence-corrected chi connectivity index (χ4v) is 1.81. The average molecular weight is 227 g/mol. The maximum absolute atomic E-state index is 12.0. The van der Waals surface area contributed by atoms with Crippen molar-refractivity contribution in [3.05, 3.63) is 42.5 Å². The van der Waals surface area contributed by atoms with Gasteiger partial charge in [0, 0.05) is 12.6 Å². The van der Waals surface area contributed by atoms with Gasteiger partial charge in [-0.1, -0.05) is 18.2 Å². The molecule has 0 fully saturated rings. The van der Waals surface area contributed by atoms with Crippen LogP contribution in [0.1, 0.15) is 5.56 Å². The molecule has 1 aliphatic rings. The number of benzene rings is 1. The first-order valence-corrected chi connectivity index (χ1v) is 5.08. The summed E-state index contributed by atoms with van der Waals surface area (Å²) in [5.74, 6) is -0.125. The summed E-state index contributed by atoms with van der Waals surface area (Å²) in [5, 5.41) is 11.5. The van der Waals surface area contributed by atoms with Gasteiger partial charge in [-0.05, 0) is 6.07 Å². The Bertz CT molecular complexity index is 602. The molecule has 2 aromatic rings. The van der Waals surface area contributed by atoms with Gasteiger partial charge in [0.25, 0.3) is 5.91 Å². The summed E-state index contributed by atoms with van der Waals surface area (Å²) in [6.45, 7) is 0. The van der Waals surface area contributed by atoms with Crippen molar-refractivity contribution in [2.75, 3.05) is 11.9 Å². The number of nitrogens with zero attached hydrogens (tertiary/aromatic N) is 5. The molecular weight excluding hydrogens is 218 g/mol. The van der Waals surface area contributed by atoms with E-state index < -0.39 is 0 Å². The number of carbonyl (C=O) groups is 1. The number of anilines is 1. The van der Waals surface area contributed by atoms with E-state index in [2.05, 4.69) is 15.3 Å². The summed E-state index contributed by atoms with van der Waals surface area (Å²) in [4.78, 5) is 13.6. The molecule has 1 aromatic carbocycles. The van der Waals surface area contributed by atoms with Gasteiger partial charge < -0.3 is 4.90 Å². The fraction of sp³-hybridized carbons (Fsp3) is 0.0909. The quantitative estimate of drug-likeness (QED) is 0.713. The maximum Gasteiger partial charge on any atom is 0.279 e. The predicted molar refractivity (Wildman–Crippen MR) is 61.8 cm³/mol. The topological polar surface area (TPSA) is 63.4 Å². The van der Waals surface area contributed by atoms with Crippen LogP contribution in [0.5, 0.6) is 0 Å². The van der Waals surface area contributed by atoms with Crippen molar-refractivity contribution >= 4 is 17.3 Å². The van der Waals surface area contributed by atoms with Crippen LogP contribution in [-0.4, -0.2) is 33.5 Å². The molecule has 0 N–H and O–H groups in total. The average Bonchev–Trinajstić information content (AvgIpc) is 2.94. The lowest BCUT2D eigenvalue weighted by atomic mass is 10.1. The molecule has 17 heavy (non-hydrogen) atoms. The molecule has 0 bridgehead atoms. The number of likely N-dealkylation sites (N-methyl/N-ethyl adjacent to an activating group) is 1. The molecule has 0 atom stereocenters. The third-order valence-electron chi connectivity index (χ3n) is 2.65. The van der Waals surface area contributed by atoms with Gasteiger partial charge in [0.2, 0.25) is 0 Å². The van der Waals surface area contributed by atoms with Crippen molar-refractivity contribution < 1.29 is 4.79 Å². The van der Waals surface area contributed by atoms with Gasteiger partial charge >= 0.3 is 0 Å². The van der Waals surface area contributed by atoms with Gasteiger partial charge in [0.15, 0.2) is 5.71 Å². The Morgan fingerprint density at radius 1 is 1.18 bits per heavy atom. The molecule has 0 spiro atoms. The third-order valence-corrected chi connectivity index (χ3v) is 2.65. The van der Waals surface area contributed by atoms with Crippen LogP contribution >= 0.6 is 0 Å². The van der Waals surface area contributed by atoms with Crippen molar-refractivity contribution in [2.24, 2.45) is 5.10 Å². The lowest BCUT2D eigenvalue weighted by Gasteiger charge is -2.07. The summed E-state index contributed by atoms with van der Waals surface area (Å²) in [7, 11) is 1.73. The van der Waals surface area contributed by atoms with E-state index in [9.17, 15) is 4.79 Å². The summed E-state index contributed by atoms with van der Waals surface area (Å²) in [6.07, 6.45) is 2.89. The van der Waals surface area contributed by atoms with Crippen LogP contribution in [0.25, 0.3) is 0 Å². The Morgan fingerprint density at radius 2 is 1.88 bits per heavy atom. The standard InChI is InChI=1S/C11H9N5O/c1-15-9-5-3-2-4-8(9)10(11(15)17)14-16-6-12-13-7-16/h2-7H,1H3/b14-10+. The van der Waals surface area contributed by atoms with Crippen LogP contribution in [0.15, 0.2) is 42.0 Å². The Morgan fingerprint density at radius 3 is 2.65 bits per heavy atom. The molecular formula is C11H9N5O. The number of amides is 1. The van der Waals surface area contributed by atoms with Gasteiger partial charge in [0.05, 0.1) is 5.69 Å². The molecule has 2 heterocycles. The van der Waals surface area contributed by atoms with Crippen molar-refractivity contribution in [3.63, 3.8) is 0 Å². The Labute approximate surface area is 97.2 Å². The first kappa shape index (κ1) is 9.71. The minimum atomic E-state index is -0.125. The summed E-state index contributed by atoms with van der Waals surface area (Å²) >= 11 is 0. The van der Waals surface area contributed by atoms with Crippen LogP contribution in [0.4, 0.5) is 5.69 Å². The molecule has 6 heteroatoms. The lowest BCUT2D eigenvalue weighted by Crippen LogP contribution is -2.26. The summed E-state index contributed by atoms with van der Waals surface area (Å²) in [6, 6.07) is 7.54. The van der Waals surface area contributed by atoms with Gasteiger partial charge in [-0.3, -0.25) is 4.79 Å². The van der Waals surface area contributed by atoms with E-state index in [1.165, 1.54) is 17.3 Å². The highest BCUT2D eigenvalue weighted by Crippen LogP contribution is 2.27. The molecule has 0 saturated carbocycles. The summed E-state index contributed by atoms with van der Waals surface area (Å²) < 4.78 is 1.42. The van der Waals surface area contributed by atoms with Crippen molar-refractivity contribution in [1.82, 2.24) is 14.9 Å². The third kappa shape index (κ3) is 1.42. The second kappa shape index (κ2) is 3.51. The highest BCUT2D eigenvalue weighted by atomic mass is 16.2. The molecule has 84 valence electrons. The zero-order valence-electron chi connectivity index (χ0n) is 9.11. The Balaban J connectivity index is 2.16. The molecule has 0 aliphatic carbocycles. The first-order valence-electron chi connectivity index (χ1n) is 5.08. The molecule has 1 aromatic heterocycles.